The van der Waals surface area contributed by atoms with E-state index in [9.17, 15) is 5.11 Å². The monoisotopic (exact) mass is 271 g/mol. The van der Waals surface area contributed by atoms with E-state index in [1.807, 2.05) is 26.0 Å². The minimum atomic E-state index is -0.679. The number of benzene rings is 1. The largest absolute Gasteiger partial charge is 0.492 e. The molecule has 2 aromatic rings. The van der Waals surface area contributed by atoms with E-state index in [1.165, 1.54) is 11.1 Å². The van der Waals surface area contributed by atoms with Crippen LogP contribution in [0, 0.1) is 20.8 Å². The van der Waals surface area contributed by atoms with Gasteiger partial charge in [-0.15, -0.1) is 0 Å². The number of hydrogen-bond donors (Lipinski definition) is 1. The number of aliphatic hydroxyl groups is 1. The summed E-state index contributed by atoms with van der Waals surface area (Å²) in [7, 11) is 0. The zero-order valence-corrected chi connectivity index (χ0v) is 12.5. The van der Waals surface area contributed by atoms with Crippen molar-refractivity contribution < 1.29 is 9.84 Å². The van der Waals surface area contributed by atoms with Gasteiger partial charge >= 0.3 is 0 Å². The molecule has 1 aromatic carbocycles. The van der Waals surface area contributed by atoms with Crippen LogP contribution in [0.3, 0.4) is 0 Å². The van der Waals surface area contributed by atoms with Crippen molar-refractivity contribution in [3.8, 4) is 5.75 Å². The van der Waals surface area contributed by atoms with Crippen LogP contribution in [0.5, 0.6) is 5.75 Å². The molecule has 1 unspecified atom stereocenters. The molecule has 0 aliphatic heterocycles. The van der Waals surface area contributed by atoms with Crippen LogP contribution >= 0.6 is 0 Å². The molecule has 1 heterocycles. The summed E-state index contributed by atoms with van der Waals surface area (Å²) in [5.41, 5.74) is 5.17. The minimum Gasteiger partial charge on any atom is -0.492 e. The average molecular weight is 271 g/mol. The summed E-state index contributed by atoms with van der Waals surface area (Å²) in [6, 6.07) is 5.99. The molecule has 0 aliphatic carbocycles. The van der Waals surface area contributed by atoms with Crippen LogP contribution < -0.4 is 4.74 Å². The first-order valence-electron chi connectivity index (χ1n) is 6.86. The van der Waals surface area contributed by atoms with Gasteiger partial charge in [-0.1, -0.05) is 12.1 Å². The number of rotatable bonds is 4. The molecule has 0 saturated carbocycles. The van der Waals surface area contributed by atoms with Crippen LogP contribution in [-0.2, 0) is 0 Å². The van der Waals surface area contributed by atoms with Crippen LogP contribution in [-0.4, -0.2) is 16.7 Å². The molecule has 0 spiro atoms. The lowest BCUT2D eigenvalue weighted by atomic mass is 9.94. The molecular formula is C17H21NO2. The predicted octanol–water partition coefficient (Wildman–Crippen LogP) is 3.49. The fourth-order valence-electron chi connectivity index (χ4n) is 2.29. The fraction of sp³-hybridized carbons (Fsp3) is 0.353. The molecule has 1 N–H and O–H groups in total. The van der Waals surface area contributed by atoms with Crippen molar-refractivity contribution in [1.82, 2.24) is 4.98 Å². The second kappa shape index (κ2) is 6.06. The normalized spacial score (nSPS) is 12.2. The number of hydrogen-bond acceptors (Lipinski definition) is 3. The summed E-state index contributed by atoms with van der Waals surface area (Å²) in [6.45, 7) is 8.67. The topological polar surface area (TPSA) is 42.4 Å². The fourth-order valence-corrected chi connectivity index (χ4v) is 2.29. The highest BCUT2D eigenvalue weighted by atomic mass is 16.5. The molecule has 0 amide bonds. The van der Waals surface area contributed by atoms with Crippen LogP contribution in [0.25, 0.3) is 0 Å². The van der Waals surface area contributed by atoms with Crippen LogP contribution in [0.4, 0.5) is 0 Å². The number of nitrogens with zero attached hydrogens (tertiary/aromatic N) is 1. The van der Waals surface area contributed by atoms with Gasteiger partial charge in [-0.05, 0) is 56.0 Å². The zero-order valence-electron chi connectivity index (χ0n) is 12.5. The molecule has 2 rings (SSSR count). The highest BCUT2D eigenvalue weighted by Gasteiger charge is 2.15. The van der Waals surface area contributed by atoms with Crippen LogP contribution in [0.1, 0.15) is 40.8 Å². The smallest absolute Gasteiger partial charge is 0.137 e. The molecule has 0 fully saturated rings. The number of aliphatic hydroxyl groups excluding tert-OH is 1. The molecule has 3 heteroatoms. The number of ether oxygens (including phenoxy) is 1. The van der Waals surface area contributed by atoms with E-state index >= 15 is 0 Å². The molecule has 0 aliphatic rings. The van der Waals surface area contributed by atoms with E-state index in [0.29, 0.717) is 12.4 Å². The van der Waals surface area contributed by atoms with Crippen molar-refractivity contribution in [2.75, 3.05) is 6.61 Å². The molecule has 106 valence electrons. The van der Waals surface area contributed by atoms with E-state index in [2.05, 4.69) is 24.9 Å². The maximum absolute atomic E-state index is 10.6. The molecule has 0 saturated heterocycles. The summed E-state index contributed by atoms with van der Waals surface area (Å²) in [5.74, 6) is 0.686. The van der Waals surface area contributed by atoms with Gasteiger partial charge in [0.05, 0.1) is 12.8 Å². The van der Waals surface area contributed by atoms with Crippen molar-refractivity contribution in [2.24, 2.45) is 0 Å². The lowest BCUT2D eigenvalue weighted by molar-refractivity contribution is 0.218. The third-order valence-corrected chi connectivity index (χ3v) is 3.54. The number of aromatic nitrogens is 1. The molecule has 0 radical (unpaired) electrons. The summed E-state index contributed by atoms with van der Waals surface area (Å²) < 4.78 is 5.43. The Morgan fingerprint density at radius 3 is 2.45 bits per heavy atom. The first kappa shape index (κ1) is 14.5. The van der Waals surface area contributed by atoms with Gasteiger partial charge in [0.25, 0.3) is 0 Å². The summed E-state index contributed by atoms with van der Waals surface area (Å²) in [6.07, 6.45) is 2.66. The van der Waals surface area contributed by atoms with Crippen molar-refractivity contribution >= 4 is 0 Å². The van der Waals surface area contributed by atoms with Gasteiger partial charge in [-0.3, -0.25) is 4.98 Å². The lowest BCUT2D eigenvalue weighted by Gasteiger charge is -2.16. The van der Waals surface area contributed by atoms with Gasteiger partial charge in [-0.25, -0.2) is 0 Å². The van der Waals surface area contributed by atoms with Crippen LogP contribution in [0.2, 0.25) is 0 Å². The van der Waals surface area contributed by atoms with Gasteiger partial charge < -0.3 is 9.84 Å². The van der Waals surface area contributed by atoms with Gasteiger partial charge in [0.1, 0.15) is 11.9 Å². The van der Waals surface area contributed by atoms with Crippen LogP contribution in [0.15, 0.2) is 30.6 Å². The average Bonchev–Trinajstić information content (AvgIpc) is 2.43. The Balaban J connectivity index is 2.38. The molecule has 0 bridgehead atoms. The molecule has 1 atom stereocenters. The zero-order chi connectivity index (χ0) is 14.7. The molecule has 3 nitrogen and oxygen atoms in total. The van der Waals surface area contributed by atoms with E-state index in [1.54, 1.807) is 12.4 Å². The molecule has 20 heavy (non-hydrogen) atoms. The molecule has 1 aromatic heterocycles. The first-order valence-corrected chi connectivity index (χ1v) is 6.86. The van der Waals surface area contributed by atoms with E-state index in [0.717, 1.165) is 16.7 Å². The Labute approximate surface area is 120 Å². The van der Waals surface area contributed by atoms with Gasteiger partial charge in [0.15, 0.2) is 0 Å². The van der Waals surface area contributed by atoms with E-state index < -0.39 is 6.10 Å². The van der Waals surface area contributed by atoms with Gasteiger partial charge in [0, 0.05) is 11.8 Å². The Bertz CT molecular complexity index is 608. The summed E-state index contributed by atoms with van der Waals surface area (Å²) in [5, 5.41) is 10.6. The molecular weight excluding hydrogens is 250 g/mol. The van der Waals surface area contributed by atoms with Crippen molar-refractivity contribution in [2.45, 2.75) is 33.8 Å². The Morgan fingerprint density at radius 1 is 1.05 bits per heavy atom. The van der Waals surface area contributed by atoms with Gasteiger partial charge in [-0.2, -0.15) is 0 Å². The van der Waals surface area contributed by atoms with Crippen molar-refractivity contribution in [3.05, 3.63) is 58.4 Å². The van der Waals surface area contributed by atoms with E-state index in [4.69, 9.17) is 4.74 Å². The summed E-state index contributed by atoms with van der Waals surface area (Å²) in [4.78, 5) is 4.13. The third-order valence-electron chi connectivity index (χ3n) is 3.54. The Hall–Kier alpha value is -1.87. The highest BCUT2D eigenvalue weighted by molar-refractivity contribution is 5.41. The SMILES string of the molecule is CCOc1cncc(C(O)c2cc(C)c(C)cc2C)c1. The maximum atomic E-state index is 10.6. The van der Waals surface area contributed by atoms with Crippen molar-refractivity contribution in [1.29, 1.82) is 0 Å². The lowest BCUT2D eigenvalue weighted by Crippen LogP contribution is -2.04. The second-order valence-electron chi connectivity index (χ2n) is 5.08. The standard InChI is InChI=1S/C17H21NO2/c1-5-20-15-8-14(9-18-10-15)17(19)16-7-12(3)11(2)6-13(16)4/h6-10,17,19H,5H2,1-4H3. The minimum absolute atomic E-state index is 0.587. The summed E-state index contributed by atoms with van der Waals surface area (Å²) >= 11 is 0. The third kappa shape index (κ3) is 2.99. The Morgan fingerprint density at radius 2 is 1.75 bits per heavy atom. The number of pyridine rings is 1. The van der Waals surface area contributed by atoms with Crippen molar-refractivity contribution in [3.63, 3.8) is 0 Å². The highest BCUT2D eigenvalue weighted by Crippen LogP contribution is 2.28. The maximum Gasteiger partial charge on any atom is 0.137 e. The second-order valence-corrected chi connectivity index (χ2v) is 5.08. The first-order chi connectivity index (χ1) is 9.52. The van der Waals surface area contributed by atoms with E-state index in [-0.39, 0.29) is 0 Å². The predicted molar refractivity (Wildman–Crippen MR) is 80.1 cm³/mol. The quantitative estimate of drug-likeness (QED) is 0.925. The Kier molecular flexibility index (Phi) is 4.40. The van der Waals surface area contributed by atoms with Gasteiger partial charge in [0.2, 0.25) is 0 Å². The number of aryl methyl sites for hydroxylation is 3.